The number of nitrogens with one attached hydrogen (secondary N) is 4. The number of esters is 2. The molecule has 0 heterocycles. The molecule has 0 aromatic carbocycles. The van der Waals surface area contributed by atoms with Crippen molar-refractivity contribution in [3.05, 3.63) is 0 Å². The van der Waals surface area contributed by atoms with E-state index in [0.29, 0.717) is 11.5 Å². The normalized spacial score (nSPS) is 12.6. The molecule has 4 atom stereocenters. The van der Waals surface area contributed by atoms with Gasteiger partial charge in [-0.25, -0.2) is 9.59 Å². The predicted octanol–water partition coefficient (Wildman–Crippen LogP) is -0.189. The van der Waals surface area contributed by atoms with E-state index >= 15 is 0 Å². The van der Waals surface area contributed by atoms with Gasteiger partial charge in [-0.15, -0.1) is 0 Å². The smallest absolute Gasteiger partial charge is 0.329 e. The van der Waals surface area contributed by atoms with Crippen molar-refractivity contribution in [1.82, 2.24) is 21.3 Å². The second-order valence-corrected chi connectivity index (χ2v) is 13.3. The zero-order valence-corrected chi connectivity index (χ0v) is 27.7. The van der Waals surface area contributed by atoms with Crippen LogP contribution in [-0.4, -0.2) is 109 Å². The summed E-state index contributed by atoms with van der Waals surface area (Å²) >= 11 is 0. The summed E-state index contributed by atoms with van der Waals surface area (Å²) in [6, 6.07) is -2.84. The number of methoxy groups -OCH3 is 2. The molecular weight excluding hydrogens is 647 g/mol. The van der Waals surface area contributed by atoms with Gasteiger partial charge in [-0.2, -0.15) is 0 Å². The first-order chi connectivity index (χ1) is 19.5. The number of ether oxygens (including phenoxy) is 2. The molecule has 0 aromatic rings. The van der Waals surface area contributed by atoms with Crippen LogP contribution in [0.2, 0.25) is 0 Å². The van der Waals surface area contributed by atoms with E-state index in [9.17, 15) is 38.4 Å². The Morgan fingerprint density at radius 1 is 0.535 bits per heavy atom. The number of amides is 5. The second-order valence-electron chi connectivity index (χ2n) is 8.21. The number of rotatable bonds is 18. The van der Waals surface area contributed by atoms with Crippen LogP contribution in [0.5, 0.6) is 0 Å². The summed E-state index contributed by atoms with van der Waals surface area (Å²) in [6.07, 6.45) is 0. The minimum Gasteiger partial charge on any atom is -0.467 e. The molecule has 248 valence electrons. The van der Waals surface area contributed by atoms with E-state index in [-0.39, 0.29) is 48.3 Å². The van der Waals surface area contributed by atoms with Crippen LogP contribution in [0.4, 0.5) is 0 Å². The van der Waals surface area contributed by atoms with Gasteiger partial charge in [0, 0.05) is 50.7 Å². The fourth-order valence-electron chi connectivity index (χ4n) is 2.52. The van der Waals surface area contributed by atoms with E-state index in [2.05, 4.69) is 30.7 Å². The number of hydrogen-bond donors (Lipinski definition) is 5. The van der Waals surface area contributed by atoms with Crippen molar-refractivity contribution in [1.29, 1.82) is 0 Å². The lowest BCUT2D eigenvalue weighted by atomic mass is 10.2. The minimum absolute atomic E-state index is 0. The van der Waals surface area contributed by atoms with Gasteiger partial charge < -0.3 is 36.5 Å². The number of nitrogens with two attached hydrogens (primary N) is 1. The fourth-order valence-corrected chi connectivity index (χ4v) is 7.24. The van der Waals surface area contributed by atoms with E-state index in [1.54, 1.807) is 0 Å². The molecule has 0 bridgehead atoms. The van der Waals surface area contributed by atoms with Crippen LogP contribution in [0.15, 0.2) is 0 Å². The van der Waals surface area contributed by atoms with Crippen molar-refractivity contribution in [3.8, 4) is 0 Å². The van der Waals surface area contributed by atoms with Crippen molar-refractivity contribution in [2.75, 3.05) is 37.2 Å². The Kier molecular flexibility index (Phi) is 26.9. The van der Waals surface area contributed by atoms with Crippen molar-refractivity contribution in [3.63, 3.8) is 0 Å². The first kappa shape index (κ1) is 44.8. The molecule has 19 heteroatoms. The van der Waals surface area contributed by atoms with Crippen LogP contribution in [0.25, 0.3) is 0 Å². The Labute approximate surface area is 267 Å². The van der Waals surface area contributed by atoms with E-state index in [0.717, 1.165) is 0 Å². The molecular formula is C24H43N5O10S4. The third kappa shape index (κ3) is 24.5. The standard InChI is InChI=1S/C12H20N2O6S2.C11H19N3O4S2.CH4/c1-7(15)13-9(11(17)19-3)5-21-22-6-10(12(18)20-4)14-8(2)16;1-6(15)9(13-7(2)16)4-19-20-5-10(11(12)18)14-8(3)17;/h9-10H,5-6H2,1-4H3,(H,13,15)(H,14,16);9-10H,4-5H2,1-3H3,(H2,12,18)(H,13,16)(H,14,17);1H4/t2*9-,10-;/m00./s1. The molecule has 15 nitrogen and oxygen atoms in total. The zero-order valence-electron chi connectivity index (χ0n) is 24.4. The molecule has 0 aliphatic heterocycles. The largest absolute Gasteiger partial charge is 0.467 e. The maximum absolute atomic E-state index is 11.5. The van der Waals surface area contributed by atoms with Crippen LogP contribution in [0.1, 0.15) is 42.0 Å². The highest BCUT2D eigenvalue weighted by atomic mass is 33.1. The number of carbonyl (C=O) groups is 8. The summed E-state index contributed by atoms with van der Waals surface area (Å²) in [7, 11) is 7.64. The van der Waals surface area contributed by atoms with Gasteiger partial charge in [0.1, 0.15) is 18.1 Å². The molecule has 43 heavy (non-hydrogen) atoms. The average Bonchev–Trinajstić information content (AvgIpc) is 2.88. The zero-order chi connectivity index (χ0) is 32.8. The highest BCUT2D eigenvalue weighted by Crippen LogP contribution is 2.24. The lowest BCUT2D eigenvalue weighted by Gasteiger charge is -2.16. The number of hydrogen-bond acceptors (Lipinski definition) is 14. The number of Topliss-reactive ketones (excluding diaryl/α,β-unsaturated/α-hetero) is 1. The van der Waals surface area contributed by atoms with Gasteiger partial charge in [-0.1, -0.05) is 50.6 Å². The average molecular weight is 690 g/mol. The van der Waals surface area contributed by atoms with Crippen LogP contribution in [-0.2, 0) is 47.8 Å². The SMILES string of the molecule is C.CC(=O)N[C@@H](CSSC[C@H](NC(C)=O)C(N)=O)C(C)=O.COC(=O)[C@H](CSSC[C@H](NC(C)=O)C(=O)OC)NC(C)=O. The van der Waals surface area contributed by atoms with Crippen molar-refractivity contribution < 1.29 is 47.8 Å². The van der Waals surface area contributed by atoms with Gasteiger partial charge >= 0.3 is 11.9 Å². The van der Waals surface area contributed by atoms with Crippen LogP contribution in [0.3, 0.4) is 0 Å². The van der Waals surface area contributed by atoms with Crippen LogP contribution < -0.4 is 27.0 Å². The quantitative estimate of drug-likeness (QED) is 0.0714. The number of ketones is 1. The highest BCUT2D eigenvalue weighted by Gasteiger charge is 2.23. The maximum Gasteiger partial charge on any atom is 0.329 e. The molecule has 0 spiro atoms. The molecule has 0 rings (SSSR count). The van der Waals surface area contributed by atoms with Gasteiger partial charge in [0.15, 0.2) is 5.78 Å². The van der Waals surface area contributed by atoms with Gasteiger partial charge in [-0.3, -0.25) is 28.8 Å². The van der Waals surface area contributed by atoms with Crippen molar-refractivity contribution in [2.24, 2.45) is 5.73 Å². The molecule has 5 amide bonds. The Bertz CT molecular complexity index is 883. The molecule has 0 radical (unpaired) electrons. The molecule has 0 aliphatic carbocycles. The molecule has 6 N–H and O–H groups in total. The lowest BCUT2D eigenvalue weighted by molar-refractivity contribution is -0.144. The van der Waals surface area contributed by atoms with Crippen molar-refractivity contribution >= 4 is 90.4 Å². The molecule has 0 unspecified atom stereocenters. The summed E-state index contributed by atoms with van der Waals surface area (Å²) in [5, 5.41) is 9.93. The Morgan fingerprint density at radius 3 is 1.05 bits per heavy atom. The predicted molar refractivity (Wildman–Crippen MR) is 171 cm³/mol. The molecule has 0 saturated carbocycles. The monoisotopic (exact) mass is 689 g/mol. The summed E-state index contributed by atoms with van der Waals surface area (Å²) < 4.78 is 9.18. The summed E-state index contributed by atoms with van der Waals surface area (Å²) in [5.74, 6) is -1.92. The van der Waals surface area contributed by atoms with Gasteiger partial charge in [0.25, 0.3) is 0 Å². The maximum atomic E-state index is 11.5. The van der Waals surface area contributed by atoms with Gasteiger partial charge in [0.05, 0.1) is 20.3 Å². The topological polar surface area (TPSA) is 229 Å². The Balaban J connectivity index is -0.000000730. The number of carbonyl (C=O) groups excluding carboxylic acids is 8. The second kappa shape index (κ2) is 25.8. The van der Waals surface area contributed by atoms with Crippen LogP contribution >= 0.6 is 43.2 Å². The molecule has 0 saturated heterocycles. The molecule has 0 fully saturated rings. The lowest BCUT2D eigenvalue weighted by Crippen LogP contribution is -2.45. The summed E-state index contributed by atoms with van der Waals surface area (Å²) in [4.78, 5) is 89.2. The van der Waals surface area contributed by atoms with E-state index in [4.69, 9.17) is 5.73 Å². The van der Waals surface area contributed by atoms with E-state index in [1.165, 1.54) is 92.0 Å². The summed E-state index contributed by atoms with van der Waals surface area (Å²) in [6.45, 7) is 6.65. The molecule has 0 aromatic heterocycles. The van der Waals surface area contributed by atoms with Gasteiger partial charge in [-0.05, 0) is 6.92 Å². The number of primary amides is 1. The Hall–Kier alpha value is -2.64. The van der Waals surface area contributed by atoms with Gasteiger partial charge in [0.2, 0.25) is 29.5 Å². The fraction of sp³-hybridized carbons (Fsp3) is 0.667. The van der Waals surface area contributed by atoms with E-state index in [1.807, 2.05) is 0 Å². The highest BCUT2D eigenvalue weighted by molar-refractivity contribution is 8.77. The first-order valence-electron chi connectivity index (χ1n) is 12.1. The third-order valence-electron chi connectivity index (χ3n) is 4.42. The summed E-state index contributed by atoms with van der Waals surface area (Å²) in [5.41, 5.74) is 5.15. The third-order valence-corrected chi connectivity index (χ3v) is 9.27. The molecule has 0 aliphatic rings. The van der Waals surface area contributed by atoms with E-state index < -0.39 is 42.0 Å². The van der Waals surface area contributed by atoms with Crippen LogP contribution in [0, 0.1) is 0 Å². The minimum atomic E-state index is -0.766. The van der Waals surface area contributed by atoms with Crippen molar-refractivity contribution in [2.45, 2.75) is 66.2 Å². The first-order valence-corrected chi connectivity index (χ1v) is 17.1. The Morgan fingerprint density at radius 2 is 0.791 bits per heavy atom.